The van der Waals surface area contributed by atoms with Crippen molar-refractivity contribution in [2.24, 2.45) is 0 Å². The summed E-state index contributed by atoms with van der Waals surface area (Å²) in [4.78, 5) is 37.2. The summed E-state index contributed by atoms with van der Waals surface area (Å²) >= 11 is 7.51. The molecule has 2 rings (SSSR count). The number of halogens is 1. The van der Waals surface area contributed by atoms with E-state index in [0.717, 1.165) is 25.1 Å². The molecule has 1 atom stereocenters. The quantitative estimate of drug-likeness (QED) is 0.237. The fourth-order valence-corrected chi connectivity index (χ4v) is 4.38. The van der Waals surface area contributed by atoms with Crippen molar-refractivity contribution < 1.29 is 9.59 Å². The predicted octanol–water partition coefficient (Wildman–Crippen LogP) is 3.76. The summed E-state index contributed by atoms with van der Waals surface area (Å²) in [5, 5.41) is 3.80. The molecule has 0 aromatic carbocycles. The summed E-state index contributed by atoms with van der Waals surface area (Å²) in [7, 11) is 0. The molecule has 2 amide bonds. The zero-order valence-corrected chi connectivity index (χ0v) is 19.9. The van der Waals surface area contributed by atoms with Crippen molar-refractivity contribution in [1.82, 2.24) is 20.2 Å². The highest BCUT2D eigenvalue weighted by Crippen LogP contribution is 2.24. The first-order valence-corrected chi connectivity index (χ1v) is 12.3. The molecule has 0 saturated carbocycles. The normalized spacial score (nSPS) is 16.6. The second-order valence-corrected chi connectivity index (χ2v) is 8.99. The predicted molar refractivity (Wildman–Crippen MR) is 123 cm³/mol. The number of aromatic nitrogens is 2. The molecule has 1 saturated heterocycles. The Morgan fingerprint density at radius 3 is 2.70 bits per heavy atom. The van der Waals surface area contributed by atoms with Crippen LogP contribution in [-0.4, -0.2) is 64.7 Å². The smallest absolute Gasteiger partial charge is 0.230 e. The molecular formula is C21H34ClN5O2S. The fourth-order valence-electron chi connectivity index (χ4n) is 3.47. The Hall–Kier alpha value is -1.54. The second kappa shape index (κ2) is 13.0. The highest BCUT2D eigenvalue weighted by molar-refractivity contribution is 7.99. The van der Waals surface area contributed by atoms with Gasteiger partial charge in [-0.1, -0.05) is 56.5 Å². The van der Waals surface area contributed by atoms with Gasteiger partial charge in [0.25, 0.3) is 0 Å². The Morgan fingerprint density at radius 2 is 2.00 bits per heavy atom. The molecule has 30 heavy (non-hydrogen) atoms. The molecule has 1 aliphatic rings. The van der Waals surface area contributed by atoms with Crippen molar-refractivity contribution in [3.63, 3.8) is 0 Å². The third-order valence-corrected chi connectivity index (χ3v) is 6.12. The van der Waals surface area contributed by atoms with Gasteiger partial charge in [-0.15, -0.1) is 0 Å². The minimum Gasteiger partial charge on any atom is -0.355 e. The molecule has 0 spiro atoms. The molecule has 1 aromatic rings. The number of carbonyl (C=O) groups excluding carboxylic acids is 2. The van der Waals surface area contributed by atoms with E-state index >= 15 is 0 Å². The van der Waals surface area contributed by atoms with E-state index in [-0.39, 0.29) is 23.6 Å². The number of nitrogens with one attached hydrogen (secondary N) is 1. The number of anilines is 1. The lowest BCUT2D eigenvalue weighted by Gasteiger charge is -2.40. The van der Waals surface area contributed by atoms with Crippen LogP contribution in [-0.2, 0) is 9.59 Å². The van der Waals surface area contributed by atoms with Gasteiger partial charge in [0.15, 0.2) is 5.16 Å². The molecule has 168 valence electrons. The zero-order chi connectivity index (χ0) is 21.9. The summed E-state index contributed by atoms with van der Waals surface area (Å²) in [5.74, 6) is 1.20. The third-order valence-electron chi connectivity index (χ3n) is 5.08. The first-order valence-electron chi connectivity index (χ1n) is 10.9. The van der Waals surface area contributed by atoms with Gasteiger partial charge in [-0.3, -0.25) is 9.59 Å². The summed E-state index contributed by atoms with van der Waals surface area (Å²) < 4.78 is 0. The van der Waals surface area contributed by atoms with Crippen LogP contribution in [0.3, 0.4) is 0 Å². The van der Waals surface area contributed by atoms with E-state index in [1.165, 1.54) is 24.6 Å². The molecule has 1 unspecified atom stereocenters. The Kier molecular flexibility index (Phi) is 10.7. The summed E-state index contributed by atoms with van der Waals surface area (Å²) in [5.41, 5.74) is 0. The molecule has 1 aliphatic heterocycles. The number of thioether (sulfide) groups is 1. The maximum absolute atomic E-state index is 12.3. The van der Waals surface area contributed by atoms with E-state index in [9.17, 15) is 9.59 Å². The summed E-state index contributed by atoms with van der Waals surface area (Å²) in [6.07, 6.45) is 5.98. The van der Waals surface area contributed by atoms with Gasteiger partial charge in [0.2, 0.25) is 11.8 Å². The van der Waals surface area contributed by atoms with Gasteiger partial charge in [-0.05, 0) is 19.8 Å². The number of amides is 2. The minimum absolute atomic E-state index is 0.0155. The number of nitrogens with zero attached hydrogens (tertiary/aromatic N) is 4. The van der Waals surface area contributed by atoms with E-state index in [0.29, 0.717) is 42.9 Å². The largest absolute Gasteiger partial charge is 0.355 e. The van der Waals surface area contributed by atoms with Gasteiger partial charge in [0, 0.05) is 44.7 Å². The average molecular weight is 456 g/mol. The Labute approximate surface area is 189 Å². The number of hydrogen-bond donors (Lipinski definition) is 1. The van der Waals surface area contributed by atoms with Crippen LogP contribution in [0.1, 0.15) is 59.3 Å². The minimum atomic E-state index is -0.0155. The van der Waals surface area contributed by atoms with Crippen molar-refractivity contribution in [1.29, 1.82) is 0 Å². The molecule has 0 aliphatic carbocycles. The van der Waals surface area contributed by atoms with Crippen LogP contribution in [0.25, 0.3) is 0 Å². The van der Waals surface area contributed by atoms with Crippen LogP contribution in [0.15, 0.2) is 11.2 Å². The molecule has 2 heterocycles. The van der Waals surface area contributed by atoms with E-state index in [2.05, 4.69) is 34.0 Å². The van der Waals surface area contributed by atoms with Crippen LogP contribution in [0.2, 0.25) is 5.15 Å². The molecule has 7 nitrogen and oxygen atoms in total. The summed E-state index contributed by atoms with van der Waals surface area (Å²) in [6.45, 7) is 9.03. The van der Waals surface area contributed by atoms with Gasteiger partial charge in [0.05, 0.1) is 5.75 Å². The standard InChI is InChI=1S/C21H34ClN5O2S/c1-4-6-7-8-10-23-19(28)15-30-21-24-17(22)13-18(25-21)26-11-12-27(16(3)14-26)20(29)9-5-2/h13,16H,4-12,14-15H2,1-3H3,(H,23,28). The van der Waals surface area contributed by atoms with E-state index in [1.54, 1.807) is 6.07 Å². The second-order valence-electron chi connectivity index (χ2n) is 7.66. The molecule has 9 heteroatoms. The number of rotatable bonds is 11. The van der Waals surface area contributed by atoms with Crippen LogP contribution in [0.4, 0.5) is 5.82 Å². The van der Waals surface area contributed by atoms with E-state index in [1.807, 2.05) is 11.8 Å². The fraction of sp³-hybridized carbons (Fsp3) is 0.714. The van der Waals surface area contributed by atoms with Crippen LogP contribution >= 0.6 is 23.4 Å². The van der Waals surface area contributed by atoms with Crippen LogP contribution in [0, 0.1) is 0 Å². The maximum atomic E-state index is 12.3. The van der Waals surface area contributed by atoms with Gasteiger partial charge in [0.1, 0.15) is 11.0 Å². The lowest BCUT2D eigenvalue weighted by Crippen LogP contribution is -2.54. The maximum Gasteiger partial charge on any atom is 0.230 e. The molecule has 0 radical (unpaired) electrons. The summed E-state index contributed by atoms with van der Waals surface area (Å²) in [6, 6.07) is 1.86. The molecule has 1 fully saturated rings. The monoisotopic (exact) mass is 455 g/mol. The number of hydrogen-bond acceptors (Lipinski definition) is 6. The SMILES string of the molecule is CCCCCCNC(=O)CSc1nc(Cl)cc(N2CCN(C(=O)CCC)C(C)C2)n1. The zero-order valence-electron chi connectivity index (χ0n) is 18.3. The van der Waals surface area contributed by atoms with Gasteiger partial charge >= 0.3 is 0 Å². The highest BCUT2D eigenvalue weighted by Gasteiger charge is 2.28. The highest BCUT2D eigenvalue weighted by atomic mass is 35.5. The van der Waals surface area contributed by atoms with Gasteiger partial charge in [-0.2, -0.15) is 0 Å². The first kappa shape index (κ1) is 24.7. The molecule has 0 bridgehead atoms. The number of carbonyl (C=O) groups is 2. The molecule has 1 aromatic heterocycles. The van der Waals surface area contributed by atoms with Gasteiger partial charge in [-0.25, -0.2) is 9.97 Å². The van der Waals surface area contributed by atoms with Crippen LogP contribution in [0.5, 0.6) is 0 Å². The van der Waals surface area contributed by atoms with Gasteiger partial charge < -0.3 is 15.1 Å². The molecule has 1 N–H and O–H groups in total. The van der Waals surface area contributed by atoms with Crippen molar-refractivity contribution in [2.45, 2.75) is 70.5 Å². The Morgan fingerprint density at radius 1 is 1.20 bits per heavy atom. The lowest BCUT2D eigenvalue weighted by molar-refractivity contribution is -0.133. The van der Waals surface area contributed by atoms with Crippen molar-refractivity contribution >= 4 is 41.0 Å². The molecular weight excluding hydrogens is 422 g/mol. The average Bonchev–Trinajstić information content (AvgIpc) is 2.71. The first-order chi connectivity index (χ1) is 14.4. The Bertz CT molecular complexity index is 706. The Balaban J connectivity index is 1.88. The topological polar surface area (TPSA) is 78.4 Å². The van der Waals surface area contributed by atoms with Crippen molar-refractivity contribution in [3.8, 4) is 0 Å². The van der Waals surface area contributed by atoms with Crippen LogP contribution < -0.4 is 10.2 Å². The van der Waals surface area contributed by atoms with Crippen molar-refractivity contribution in [3.05, 3.63) is 11.2 Å². The number of piperazine rings is 1. The van der Waals surface area contributed by atoms with E-state index < -0.39 is 0 Å². The number of unbranched alkanes of at least 4 members (excludes halogenated alkanes) is 3. The van der Waals surface area contributed by atoms with Crippen molar-refractivity contribution in [2.75, 3.05) is 36.8 Å². The third kappa shape index (κ3) is 7.95. The van der Waals surface area contributed by atoms with E-state index in [4.69, 9.17) is 11.6 Å². The lowest BCUT2D eigenvalue weighted by atomic mass is 10.1.